The van der Waals surface area contributed by atoms with Crippen LogP contribution in [0.4, 0.5) is 18.0 Å². The number of esters is 1. The van der Waals surface area contributed by atoms with E-state index in [9.17, 15) is 27.9 Å². The highest BCUT2D eigenvalue weighted by atomic mass is 35.5. The van der Waals surface area contributed by atoms with Crippen molar-refractivity contribution in [3.8, 4) is 0 Å². The van der Waals surface area contributed by atoms with Crippen molar-refractivity contribution in [1.82, 2.24) is 9.80 Å². The van der Waals surface area contributed by atoms with Crippen molar-refractivity contribution in [2.45, 2.75) is 56.0 Å². The zero-order valence-electron chi connectivity index (χ0n) is 21.1. The summed E-state index contributed by atoms with van der Waals surface area (Å²) in [7, 11) is 1.21. The molecule has 2 fully saturated rings. The third-order valence-electron chi connectivity index (χ3n) is 8.09. The molecule has 1 N–H and O–H groups in total. The molecule has 0 saturated carbocycles. The van der Waals surface area contributed by atoms with Crippen LogP contribution in [-0.4, -0.2) is 59.2 Å². The van der Waals surface area contributed by atoms with Gasteiger partial charge in [0, 0.05) is 24.2 Å². The van der Waals surface area contributed by atoms with Crippen LogP contribution in [0.1, 0.15) is 48.8 Å². The molecular formula is C28H27Cl2F3N2O4. The van der Waals surface area contributed by atoms with E-state index < -0.39 is 34.4 Å². The summed E-state index contributed by atoms with van der Waals surface area (Å²) >= 11 is 11.8. The molecule has 2 aromatic carbocycles. The Morgan fingerprint density at radius 3 is 2.33 bits per heavy atom. The second kappa shape index (κ2) is 10.3. The lowest BCUT2D eigenvalue weighted by Gasteiger charge is -2.44. The molecule has 11 heteroatoms. The SMILES string of the molecule is COC(=O)C1=C(c2ccc(Cl)c(C(F)(F)F)c2)C[C@@H]2CC[C@H]1N2C(=O)N1CCC(O)(c2ccc(Cl)cc2)CC1. The maximum atomic E-state index is 13.7. The molecule has 6 nitrogen and oxygen atoms in total. The number of halogens is 5. The molecule has 0 aromatic heterocycles. The molecule has 3 heterocycles. The van der Waals surface area contributed by atoms with Gasteiger partial charge in [-0.25, -0.2) is 9.59 Å². The number of fused-ring (bicyclic) bond motifs is 2. The van der Waals surface area contributed by atoms with E-state index in [2.05, 4.69) is 0 Å². The minimum Gasteiger partial charge on any atom is -0.466 e. The molecule has 2 saturated heterocycles. The van der Waals surface area contributed by atoms with Crippen LogP contribution in [-0.2, 0) is 21.3 Å². The van der Waals surface area contributed by atoms with E-state index in [1.54, 1.807) is 34.1 Å². The highest BCUT2D eigenvalue weighted by Gasteiger charge is 2.49. The van der Waals surface area contributed by atoms with Crippen LogP contribution in [0.5, 0.6) is 0 Å². The number of carbonyl (C=O) groups is 2. The molecule has 0 aliphatic carbocycles. The fourth-order valence-corrected chi connectivity index (χ4v) is 6.41. The van der Waals surface area contributed by atoms with Crippen LogP contribution < -0.4 is 0 Å². The fraction of sp³-hybridized carbons (Fsp3) is 0.429. The lowest BCUT2D eigenvalue weighted by Crippen LogP contribution is -2.55. The molecular weight excluding hydrogens is 556 g/mol. The van der Waals surface area contributed by atoms with Gasteiger partial charge in [-0.15, -0.1) is 0 Å². The van der Waals surface area contributed by atoms with Crippen LogP contribution in [0.2, 0.25) is 10.0 Å². The first-order chi connectivity index (χ1) is 18.4. The number of amides is 2. The number of rotatable bonds is 3. The molecule has 0 radical (unpaired) electrons. The van der Waals surface area contributed by atoms with E-state index in [4.69, 9.17) is 27.9 Å². The first-order valence-corrected chi connectivity index (χ1v) is 13.4. The topological polar surface area (TPSA) is 70.1 Å². The maximum absolute atomic E-state index is 13.7. The molecule has 0 spiro atoms. The number of aliphatic hydroxyl groups is 1. The Morgan fingerprint density at radius 2 is 1.72 bits per heavy atom. The third-order valence-corrected chi connectivity index (χ3v) is 8.67. The smallest absolute Gasteiger partial charge is 0.417 e. The number of benzene rings is 2. The molecule has 3 aliphatic rings. The standard InChI is InChI=1S/C28H27Cl2F3N2O4/c1-39-25(36)24-20(16-2-8-22(30)21(14-16)28(31,32)33)15-19-7-9-23(24)35(19)26(37)34-12-10-27(38,11-13-34)17-3-5-18(29)6-4-17/h2-6,8,14,19,23,38H,7,9-13,15H2,1H3/t19-,23+/m0/s1. The Kier molecular flexibility index (Phi) is 7.37. The molecule has 5 rings (SSSR count). The van der Waals surface area contributed by atoms with Gasteiger partial charge in [-0.05, 0) is 73.1 Å². The maximum Gasteiger partial charge on any atom is 0.417 e. The average Bonchev–Trinajstić information content (AvgIpc) is 3.21. The summed E-state index contributed by atoms with van der Waals surface area (Å²) in [4.78, 5) is 30.1. The van der Waals surface area contributed by atoms with Crippen molar-refractivity contribution >= 4 is 40.8 Å². The third kappa shape index (κ3) is 5.12. The van der Waals surface area contributed by atoms with Crippen molar-refractivity contribution in [2.24, 2.45) is 0 Å². The zero-order chi connectivity index (χ0) is 28.1. The second-order valence-electron chi connectivity index (χ2n) is 10.2. The summed E-state index contributed by atoms with van der Waals surface area (Å²) in [5.74, 6) is -0.674. The summed E-state index contributed by atoms with van der Waals surface area (Å²) in [6.45, 7) is 0.619. The van der Waals surface area contributed by atoms with Gasteiger partial charge in [-0.2, -0.15) is 13.2 Å². The number of nitrogens with zero attached hydrogens (tertiary/aromatic N) is 2. The number of carbonyl (C=O) groups excluding carboxylic acids is 2. The number of hydrogen-bond acceptors (Lipinski definition) is 4. The molecule has 2 amide bonds. The predicted molar refractivity (Wildman–Crippen MR) is 140 cm³/mol. The Balaban J connectivity index is 1.41. The predicted octanol–water partition coefficient (Wildman–Crippen LogP) is 6.28. The fourth-order valence-electron chi connectivity index (χ4n) is 6.06. The number of hydrogen-bond donors (Lipinski definition) is 1. The number of methoxy groups -OCH3 is 1. The van der Waals surface area contributed by atoms with E-state index in [-0.39, 0.29) is 29.6 Å². The Bertz CT molecular complexity index is 1320. The lowest BCUT2D eigenvalue weighted by molar-refractivity contribution is -0.138. The number of piperidine rings is 1. The van der Waals surface area contributed by atoms with Crippen LogP contribution in [0.3, 0.4) is 0 Å². The van der Waals surface area contributed by atoms with E-state index in [1.807, 2.05) is 0 Å². The van der Waals surface area contributed by atoms with Crippen molar-refractivity contribution in [3.05, 3.63) is 74.8 Å². The van der Waals surface area contributed by atoms with Crippen molar-refractivity contribution in [2.75, 3.05) is 20.2 Å². The minimum absolute atomic E-state index is 0.199. The summed E-state index contributed by atoms with van der Waals surface area (Å²) in [6, 6.07) is 9.43. The van der Waals surface area contributed by atoms with E-state index in [1.165, 1.54) is 19.2 Å². The quantitative estimate of drug-likeness (QED) is 0.432. The highest BCUT2D eigenvalue weighted by molar-refractivity contribution is 6.31. The zero-order valence-corrected chi connectivity index (χ0v) is 22.6. The molecule has 3 aliphatic heterocycles. The lowest BCUT2D eigenvalue weighted by atomic mass is 9.84. The summed E-state index contributed by atoms with van der Waals surface area (Å²) in [5.41, 5.74) is -0.454. The minimum atomic E-state index is -4.66. The van der Waals surface area contributed by atoms with Crippen LogP contribution in [0.15, 0.2) is 48.0 Å². The molecule has 2 bridgehead atoms. The largest absolute Gasteiger partial charge is 0.466 e. The normalized spacial score (nSPS) is 22.7. The van der Waals surface area contributed by atoms with Crippen molar-refractivity contribution in [3.63, 3.8) is 0 Å². The number of urea groups is 1. The van der Waals surface area contributed by atoms with Gasteiger partial charge >= 0.3 is 18.2 Å². The average molecular weight is 583 g/mol. The van der Waals surface area contributed by atoms with E-state index in [0.717, 1.165) is 11.6 Å². The van der Waals surface area contributed by atoms with Gasteiger partial charge in [0.05, 0.1) is 34.9 Å². The Labute approximate surface area is 233 Å². The summed E-state index contributed by atoms with van der Waals surface area (Å²) in [6.07, 6.45) is -2.68. The van der Waals surface area contributed by atoms with Gasteiger partial charge in [-0.3, -0.25) is 0 Å². The Morgan fingerprint density at radius 1 is 1.05 bits per heavy atom. The first kappa shape index (κ1) is 27.8. The van der Waals surface area contributed by atoms with Gasteiger partial charge in [0.25, 0.3) is 0 Å². The monoisotopic (exact) mass is 582 g/mol. The highest BCUT2D eigenvalue weighted by Crippen LogP contribution is 2.46. The molecule has 208 valence electrons. The van der Waals surface area contributed by atoms with Gasteiger partial charge in [0.1, 0.15) is 0 Å². The molecule has 39 heavy (non-hydrogen) atoms. The van der Waals surface area contributed by atoms with Gasteiger partial charge in [0.15, 0.2) is 0 Å². The molecule has 2 aromatic rings. The second-order valence-corrected chi connectivity index (χ2v) is 11.1. The van der Waals surface area contributed by atoms with Crippen LogP contribution in [0.25, 0.3) is 5.57 Å². The van der Waals surface area contributed by atoms with E-state index in [0.29, 0.717) is 49.4 Å². The van der Waals surface area contributed by atoms with Gasteiger partial charge < -0.3 is 19.6 Å². The van der Waals surface area contributed by atoms with Crippen molar-refractivity contribution in [1.29, 1.82) is 0 Å². The van der Waals surface area contributed by atoms with Gasteiger partial charge in [-0.1, -0.05) is 41.4 Å². The van der Waals surface area contributed by atoms with Crippen LogP contribution >= 0.6 is 23.2 Å². The number of likely N-dealkylation sites (tertiary alicyclic amines) is 1. The number of ether oxygens (including phenoxy) is 1. The van der Waals surface area contributed by atoms with Crippen LogP contribution in [0, 0.1) is 0 Å². The Hall–Kier alpha value is -2.75. The van der Waals surface area contributed by atoms with Gasteiger partial charge in [0.2, 0.25) is 0 Å². The van der Waals surface area contributed by atoms with Crippen molar-refractivity contribution < 1.29 is 32.6 Å². The summed E-state index contributed by atoms with van der Waals surface area (Å²) < 4.78 is 45.7. The van der Waals surface area contributed by atoms with E-state index >= 15 is 0 Å². The summed E-state index contributed by atoms with van der Waals surface area (Å²) in [5, 5.41) is 11.4. The first-order valence-electron chi connectivity index (χ1n) is 12.7. The molecule has 2 atom stereocenters. The molecule has 0 unspecified atom stereocenters. The number of alkyl halides is 3.